The lowest BCUT2D eigenvalue weighted by atomic mass is 9.94. The average Bonchev–Trinajstić information content (AvgIpc) is 3.17. The van der Waals surface area contributed by atoms with Crippen LogP contribution in [0, 0.1) is 5.92 Å². The molecule has 1 aromatic carbocycles. The number of carbonyl (C=O) groups excluding carboxylic acids is 2. The minimum Gasteiger partial charge on any atom is -0.353 e. The Hall–Kier alpha value is -2.83. The number of urea groups is 1. The number of carbonyl (C=O) groups is 2. The van der Waals surface area contributed by atoms with Gasteiger partial charge < -0.3 is 15.5 Å². The van der Waals surface area contributed by atoms with Crippen molar-refractivity contribution in [2.24, 2.45) is 5.92 Å². The summed E-state index contributed by atoms with van der Waals surface area (Å²) in [6.07, 6.45) is 4.96. The van der Waals surface area contributed by atoms with E-state index in [1.54, 1.807) is 6.20 Å². The molecule has 1 atom stereocenters. The maximum Gasteiger partial charge on any atom is 0.321 e. The van der Waals surface area contributed by atoms with E-state index < -0.39 is 0 Å². The minimum atomic E-state index is -0.0773. The lowest BCUT2D eigenvalue weighted by Crippen LogP contribution is -2.49. The Morgan fingerprint density at radius 1 is 1.00 bits per heavy atom. The summed E-state index contributed by atoms with van der Waals surface area (Å²) in [5.41, 5.74) is 1.93. The quantitative estimate of drug-likeness (QED) is 0.873. The summed E-state index contributed by atoms with van der Waals surface area (Å²) in [5.74, 6) is 0.156. The summed E-state index contributed by atoms with van der Waals surface area (Å²) in [4.78, 5) is 26.8. The molecule has 3 amide bonds. The predicted octanol–water partition coefficient (Wildman–Crippen LogP) is 2.26. The lowest BCUT2D eigenvalue weighted by molar-refractivity contribution is -0.126. The van der Waals surface area contributed by atoms with Gasteiger partial charge in [0.2, 0.25) is 5.91 Å². The number of piperidine rings is 1. The van der Waals surface area contributed by atoms with Crippen LogP contribution in [0.15, 0.2) is 42.6 Å². The smallest absolute Gasteiger partial charge is 0.321 e. The number of nitrogens with one attached hydrogen (secondary N) is 2. The van der Waals surface area contributed by atoms with Gasteiger partial charge in [0.05, 0.1) is 0 Å². The van der Waals surface area contributed by atoms with Gasteiger partial charge in [0.25, 0.3) is 0 Å². The zero-order valence-corrected chi connectivity index (χ0v) is 15.3. The maximum atomic E-state index is 12.6. The first kappa shape index (κ1) is 17.6. The number of nitrogens with zero attached hydrogens (tertiary/aromatic N) is 3. The fraction of sp³-hybridized carbons (Fsp3) is 0.450. The number of hydrogen-bond acceptors (Lipinski definition) is 3. The third-order valence-corrected chi connectivity index (χ3v) is 5.47. The molecule has 0 saturated carbocycles. The molecule has 0 spiro atoms. The molecule has 0 bridgehead atoms. The van der Waals surface area contributed by atoms with Crippen molar-refractivity contribution in [3.8, 4) is 0 Å². The van der Waals surface area contributed by atoms with Crippen LogP contribution in [0.2, 0.25) is 0 Å². The van der Waals surface area contributed by atoms with Crippen LogP contribution in [0.3, 0.4) is 0 Å². The van der Waals surface area contributed by atoms with Crippen molar-refractivity contribution in [2.75, 3.05) is 18.4 Å². The number of hydrogen-bond donors (Lipinski definition) is 2. The summed E-state index contributed by atoms with van der Waals surface area (Å²) in [6.45, 7) is 2.11. The second kappa shape index (κ2) is 7.82. The summed E-state index contributed by atoms with van der Waals surface area (Å²) in [5, 5.41) is 10.4. The Morgan fingerprint density at radius 2 is 1.78 bits per heavy atom. The second-order valence-electron chi connectivity index (χ2n) is 7.30. The van der Waals surface area contributed by atoms with Crippen LogP contribution in [0.25, 0.3) is 0 Å². The molecular formula is C20H25N5O2. The topological polar surface area (TPSA) is 79.3 Å². The van der Waals surface area contributed by atoms with E-state index in [9.17, 15) is 9.59 Å². The zero-order valence-electron chi connectivity index (χ0n) is 15.3. The van der Waals surface area contributed by atoms with Gasteiger partial charge in [0.15, 0.2) is 0 Å². The van der Waals surface area contributed by atoms with Crippen molar-refractivity contribution in [1.29, 1.82) is 0 Å². The van der Waals surface area contributed by atoms with Gasteiger partial charge in [-0.15, -0.1) is 0 Å². The highest BCUT2D eigenvalue weighted by Gasteiger charge is 2.29. The van der Waals surface area contributed by atoms with Crippen molar-refractivity contribution in [2.45, 2.75) is 38.3 Å². The summed E-state index contributed by atoms with van der Waals surface area (Å²) < 4.78 is 1.98. The molecule has 1 aromatic heterocycles. The Labute approximate surface area is 158 Å². The molecule has 27 heavy (non-hydrogen) atoms. The number of fused-ring (bicyclic) bond motifs is 1. The summed E-state index contributed by atoms with van der Waals surface area (Å²) >= 11 is 0. The Bertz CT molecular complexity index is 796. The molecular weight excluding hydrogens is 342 g/mol. The van der Waals surface area contributed by atoms with E-state index in [1.165, 1.54) is 0 Å². The number of aromatic nitrogens is 2. The Morgan fingerprint density at radius 3 is 2.56 bits per heavy atom. The van der Waals surface area contributed by atoms with E-state index in [2.05, 4.69) is 15.7 Å². The van der Waals surface area contributed by atoms with Crippen LogP contribution in [0.5, 0.6) is 0 Å². The Balaban J connectivity index is 1.23. The van der Waals surface area contributed by atoms with E-state index in [4.69, 9.17) is 0 Å². The van der Waals surface area contributed by atoms with Gasteiger partial charge >= 0.3 is 6.03 Å². The third-order valence-electron chi connectivity index (χ3n) is 5.47. The molecule has 1 saturated heterocycles. The number of anilines is 1. The number of amides is 3. The molecule has 3 heterocycles. The summed E-state index contributed by atoms with van der Waals surface area (Å²) in [7, 11) is 0. The molecule has 1 fully saturated rings. The molecule has 7 nitrogen and oxygen atoms in total. The van der Waals surface area contributed by atoms with Gasteiger partial charge in [-0.3, -0.25) is 9.48 Å². The van der Waals surface area contributed by atoms with Crippen LogP contribution < -0.4 is 10.6 Å². The number of para-hydroxylation sites is 1. The molecule has 0 aliphatic carbocycles. The monoisotopic (exact) mass is 367 g/mol. The summed E-state index contributed by atoms with van der Waals surface area (Å²) in [6, 6.07) is 11.5. The number of likely N-dealkylation sites (tertiary alicyclic amines) is 1. The van der Waals surface area contributed by atoms with Gasteiger partial charge in [-0.1, -0.05) is 18.2 Å². The molecule has 2 aliphatic heterocycles. The van der Waals surface area contributed by atoms with Crippen LogP contribution in [-0.2, 0) is 17.8 Å². The van der Waals surface area contributed by atoms with E-state index in [1.807, 2.05) is 46.0 Å². The number of rotatable bonds is 3. The van der Waals surface area contributed by atoms with E-state index >= 15 is 0 Å². The minimum absolute atomic E-state index is 0.0219. The highest BCUT2D eigenvalue weighted by atomic mass is 16.2. The fourth-order valence-corrected chi connectivity index (χ4v) is 3.86. The highest BCUT2D eigenvalue weighted by Crippen LogP contribution is 2.21. The second-order valence-corrected chi connectivity index (χ2v) is 7.30. The van der Waals surface area contributed by atoms with E-state index in [0.717, 1.165) is 43.6 Å². The fourth-order valence-electron chi connectivity index (χ4n) is 3.86. The Kier molecular flexibility index (Phi) is 5.09. The zero-order chi connectivity index (χ0) is 18.6. The largest absolute Gasteiger partial charge is 0.353 e. The number of aryl methyl sites for hydroxylation is 1. The molecule has 142 valence electrons. The van der Waals surface area contributed by atoms with Crippen LogP contribution in [-0.4, -0.2) is 45.8 Å². The van der Waals surface area contributed by atoms with Gasteiger partial charge in [-0.25, -0.2) is 4.79 Å². The SMILES string of the molecule is O=C(NC1CCN(C(=O)Nc2ccccc2)CC1)C1CCn2nccc2C1. The molecule has 2 aliphatic rings. The van der Waals surface area contributed by atoms with Crippen LogP contribution in [0.1, 0.15) is 25.0 Å². The number of benzene rings is 1. The van der Waals surface area contributed by atoms with Crippen molar-refractivity contribution in [3.63, 3.8) is 0 Å². The van der Waals surface area contributed by atoms with Crippen molar-refractivity contribution in [1.82, 2.24) is 20.0 Å². The highest BCUT2D eigenvalue weighted by molar-refractivity contribution is 5.89. The maximum absolute atomic E-state index is 12.6. The molecule has 2 aromatic rings. The first-order valence-corrected chi connectivity index (χ1v) is 9.61. The van der Waals surface area contributed by atoms with Gasteiger partial charge in [-0.2, -0.15) is 5.10 Å². The van der Waals surface area contributed by atoms with E-state index in [-0.39, 0.29) is 23.9 Å². The molecule has 1 unspecified atom stereocenters. The van der Waals surface area contributed by atoms with Gasteiger partial charge in [-0.05, 0) is 37.5 Å². The molecule has 4 rings (SSSR count). The van der Waals surface area contributed by atoms with Crippen LogP contribution in [0.4, 0.5) is 10.5 Å². The third kappa shape index (κ3) is 4.13. The molecule has 7 heteroatoms. The van der Waals surface area contributed by atoms with Crippen molar-refractivity contribution in [3.05, 3.63) is 48.3 Å². The van der Waals surface area contributed by atoms with Crippen LogP contribution >= 0.6 is 0 Å². The van der Waals surface area contributed by atoms with E-state index in [0.29, 0.717) is 13.1 Å². The standard InChI is InChI=1S/C20H25N5O2/c26-19(15-7-13-25-18(14-15)6-10-21-25)22-17-8-11-24(12-9-17)20(27)23-16-4-2-1-3-5-16/h1-6,10,15,17H,7-9,11-14H2,(H,22,26)(H,23,27). The van der Waals surface area contributed by atoms with Gasteiger partial charge in [0, 0.05) is 55.6 Å². The van der Waals surface area contributed by atoms with Crippen molar-refractivity contribution < 1.29 is 9.59 Å². The first-order valence-electron chi connectivity index (χ1n) is 9.61. The normalized spacial score (nSPS) is 20.0. The van der Waals surface area contributed by atoms with Gasteiger partial charge in [0.1, 0.15) is 0 Å². The lowest BCUT2D eigenvalue weighted by Gasteiger charge is -2.33. The molecule has 2 N–H and O–H groups in total. The predicted molar refractivity (Wildman–Crippen MR) is 102 cm³/mol. The first-order chi connectivity index (χ1) is 13.2. The average molecular weight is 367 g/mol. The molecule has 0 radical (unpaired) electrons. The van der Waals surface area contributed by atoms with Crippen molar-refractivity contribution >= 4 is 17.6 Å².